The Morgan fingerprint density at radius 3 is 2.76 bits per heavy atom. The summed E-state index contributed by atoms with van der Waals surface area (Å²) in [5.41, 5.74) is 10.6. The monoisotopic (exact) mass is 524 g/mol. The van der Waals surface area contributed by atoms with E-state index in [1.165, 1.54) is 6.42 Å². The number of nitrogens with two attached hydrogens (primary N) is 1. The number of thioether (sulfide) groups is 1. The highest BCUT2D eigenvalue weighted by Crippen LogP contribution is 2.49. The molecule has 2 saturated heterocycles. The first kappa shape index (κ1) is 24.1. The van der Waals surface area contributed by atoms with Crippen LogP contribution in [0.4, 0.5) is 17.4 Å². The highest BCUT2D eigenvalue weighted by Gasteiger charge is 2.35. The van der Waals surface area contributed by atoms with E-state index in [1.807, 2.05) is 22.6 Å². The van der Waals surface area contributed by atoms with Crippen LogP contribution in [0.1, 0.15) is 30.2 Å². The van der Waals surface area contributed by atoms with E-state index in [1.54, 1.807) is 18.0 Å². The van der Waals surface area contributed by atoms with Crippen molar-refractivity contribution in [1.29, 1.82) is 0 Å². The zero-order valence-electron chi connectivity index (χ0n) is 20.7. The largest absolute Gasteiger partial charge is 0.423 e. The number of oxazole rings is 1. The van der Waals surface area contributed by atoms with Gasteiger partial charge in [0, 0.05) is 62.5 Å². The molecule has 5 heterocycles. The Morgan fingerprint density at radius 1 is 1.16 bits per heavy atom. The molecule has 0 saturated carbocycles. The summed E-state index contributed by atoms with van der Waals surface area (Å²) in [7, 11) is 0. The Bertz CT molecular complexity index is 1260. The average molecular weight is 525 g/mol. The third-order valence-corrected chi connectivity index (χ3v) is 8.21. The minimum Gasteiger partial charge on any atom is -0.423 e. The standard InChI is InChI=1S/C25H32N8O3S/c26-23(34)21-16-37-24(17-14-28-29-15-17)33(21)20-13-22-18(12-19(20)32-5-2-1-3-6-32)30-25(36-22)27-4-7-31-8-10-35-11-9-31/h12-16,24H,1-11H2,(H2,26,34)(H,27,30)(H,28,29). The van der Waals surface area contributed by atoms with Crippen molar-refractivity contribution in [2.45, 2.75) is 24.6 Å². The molecule has 11 nitrogen and oxygen atoms in total. The second kappa shape index (κ2) is 10.6. The zero-order valence-corrected chi connectivity index (χ0v) is 21.5. The van der Waals surface area contributed by atoms with Crippen molar-refractivity contribution in [3.63, 3.8) is 0 Å². The molecule has 1 unspecified atom stereocenters. The number of anilines is 3. The van der Waals surface area contributed by atoms with Gasteiger partial charge in [0.2, 0.25) is 0 Å². The molecule has 0 bridgehead atoms. The van der Waals surface area contributed by atoms with Crippen molar-refractivity contribution < 1.29 is 13.9 Å². The van der Waals surface area contributed by atoms with Crippen LogP contribution in [0, 0.1) is 0 Å². The number of carbonyl (C=O) groups is 1. The third kappa shape index (κ3) is 5.00. The van der Waals surface area contributed by atoms with Crippen LogP contribution >= 0.6 is 11.8 Å². The molecule has 2 aromatic heterocycles. The molecule has 1 amide bonds. The van der Waals surface area contributed by atoms with E-state index in [0.29, 0.717) is 17.3 Å². The molecule has 0 spiro atoms. The topological polar surface area (TPSA) is 129 Å². The molecule has 1 atom stereocenters. The molecular weight excluding hydrogens is 492 g/mol. The van der Waals surface area contributed by atoms with E-state index in [9.17, 15) is 4.79 Å². The average Bonchev–Trinajstić information content (AvgIpc) is 3.68. The highest BCUT2D eigenvalue weighted by molar-refractivity contribution is 8.02. The van der Waals surface area contributed by atoms with E-state index in [-0.39, 0.29) is 5.37 Å². The lowest BCUT2D eigenvalue weighted by Gasteiger charge is -2.35. The van der Waals surface area contributed by atoms with Gasteiger partial charge in [-0.05, 0) is 25.3 Å². The Balaban J connectivity index is 1.34. The number of aromatic nitrogens is 3. The number of hydrogen-bond acceptors (Lipinski definition) is 10. The number of piperidine rings is 1. The summed E-state index contributed by atoms with van der Waals surface area (Å²) in [4.78, 5) is 24.0. The normalized spacial score (nSPS) is 21.0. The first-order valence-electron chi connectivity index (χ1n) is 12.8. The molecule has 1 aromatic carbocycles. The summed E-state index contributed by atoms with van der Waals surface area (Å²) in [6, 6.07) is 4.58. The summed E-state index contributed by atoms with van der Waals surface area (Å²) in [6.45, 7) is 6.98. The number of amides is 1. The molecular formula is C25H32N8O3S. The zero-order chi connectivity index (χ0) is 25.2. The molecule has 3 aromatic rings. The first-order valence-corrected chi connectivity index (χ1v) is 13.8. The fraction of sp³-hybridized carbons (Fsp3) is 0.480. The van der Waals surface area contributed by atoms with Crippen molar-refractivity contribution in [1.82, 2.24) is 20.1 Å². The lowest BCUT2D eigenvalue weighted by atomic mass is 10.1. The van der Waals surface area contributed by atoms with E-state index in [4.69, 9.17) is 19.9 Å². The molecule has 3 aliphatic rings. The third-order valence-electron chi connectivity index (χ3n) is 7.11. The molecule has 0 radical (unpaired) electrons. The number of H-pyrrole nitrogens is 1. The second-order valence-corrected chi connectivity index (χ2v) is 10.5. The maximum absolute atomic E-state index is 12.5. The number of carbonyl (C=O) groups excluding carboxylic acids is 1. The highest BCUT2D eigenvalue weighted by atomic mass is 32.2. The number of hydrogen-bond donors (Lipinski definition) is 3. The molecule has 6 rings (SSSR count). The fourth-order valence-corrected chi connectivity index (χ4v) is 6.31. The quantitative estimate of drug-likeness (QED) is 0.405. The Hall–Kier alpha value is -3.22. The summed E-state index contributed by atoms with van der Waals surface area (Å²) in [5, 5.41) is 12.0. The summed E-state index contributed by atoms with van der Waals surface area (Å²) >= 11 is 1.54. The molecule has 12 heteroatoms. The van der Waals surface area contributed by atoms with E-state index in [0.717, 1.165) is 87.8 Å². The van der Waals surface area contributed by atoms with E-state index in [2.05, 4.69) is 31.4 Å². The maximum Gasteiger partial charge on any atom is 0.295 e. The second-order valence-electron chi connectivity index (χ2n) is 9.51. The summed E-state index contributed by atoms with van der Waals surface area (Å²) in [5.74, 6) is -0.466. The smallest absolute Gasteiger partial charge is 0.295 e. The van der Waals surface area contributed by atoms with Gasteiger partial charge in [-0.1, -0.05) is 0 Å². The Labute approximate surface area is 219 Å². The number of morpholine rings is 1. The molecule has 37 heavy (non-hydrogen) atoms. The van der Waals surface area contributed by atoms with Crippen molar-refractivity contribution in [3.8, 4) is 0 Å². The molecule has 3 aliphatic heterocycles. The maximum atomic E-state index is 12.5. The predicted octanol–water partition coefficient (Wildman–Crippen LogP) is 2.86. The van der Waals surface area contributed by atoms with Crippen LogP contribution in [0.3, 0.4) is 0 Å². The number of nitrogens with zero attached hydrogens (tertiary/aromatic N) is 5. The van der Waals surface area contributed by atoms with Crippen LogP contribution in [0.2, 0.25) is 0 Å². The van der Waals surface area contributed by atoms with Crippen molar-refractivity contribution in [2.24, 2.45) is 5.73 Å². The SMILES string of the molecule is NC(=O)C1=CSC(c2cn[nH]c2)N1c1cc2oc(NCCN3CCOCC3)nc2cc1N1CCCCC1. The van der Waals surface area contributed by atoms with Gasteiger partial charge >= 0.3 is 0 Å². The van der Waals surface area contributed by atoms with Crippen molar-refractivity contribution >= 4 is 46.2 Å². The van der Waals surface area contributed by atoms with Crippen LogP contribution in [0.15, 0.2) is 40.0 Å². The van der Waals surface area contributed by atoms with Crippen molar-refractivity contribution in [3.05, 3.63) is 41.2 Å². The first-order chi connectivity index (χ1) is 18.2. The number of rotatable bonds is 8. The van der Waals surface area contributed by atoms with Crippen molar-refractivity contribution in [2.75, 3.05) is 67.6 Å². The van der Waals surface area contributed by atoms with E-state index >= 15 is 0 Å². The van der Waals surface area contributed by atoms with Crippen LogP contribution in [0.5, 0.6) is 0 Å². The lowest BCUT2D eigenvalue weighted by molar-refractivity contribution is -0.114. The van der Waals surface area contributed by atoms with Gasteiger partial charge in [-0.25, -0.2) is 0 Å². The van der Waals surface area contributed by atoms with Crippen LogP contribution in [-0.4, -0.2) is 78.5 Å². The van der Waals surface area contributed by atoms with E-state index < -0.39 is 5.91 Å². The van der Waals surface area contributed by atoms with Gasteiger partial charge in [-0.15, -0.1) is 11.8 Å². The number of fused-ring (bicyclic) bond motifs is 1. The number of ether oxygens (including phenoxy) is 1. The van der Waals surface area contributed by atoms with Crippen LogP contribution < -0.4 is 20.9 Å². The Kier molecular flexibility index (Phi) is 6.94. The molecule has 2 fully saturated rings. The summed E-state index contributed by atoms with van der Waals surface area (Å²) < 4.78 is 11.6. The molecule has 196 valence electrons. The summed E-state index contributed by atoms with van der Waals surface area (Å²) in [6.07, 6.45) is 7.12. The van der Waals surface area contributed by atoms with Gasteiger partial charge in [-0.3, -0.25) is 14.8 Å². The fourth-order valence-electron chi connectivity index (χ4n) is 5.18. The lowest BCUT2D eigenvalue weighted by Crippen LogP contribution is -2.39. The van der Waals surface area contributed by atoms with Gasteiger partial charge in [-0.2, -0.15) is 10.1 Å². The van der Waals surface area contributed by atoms with Crippen LogP contribution in [0.25, 0.3) is 11.1 Å². The number of nitrogens with one attached hydrogen (secondary N) is 2. The van der Waals surface area contributed by atoms with Gasteiger partial charge in [0.1, 0.15) is 16.6 Å². The Morgan fingerprint density at radius 2 is 2.00 bits per heavy atom. The van der Waals surface area contributed by atoms with Gasteiger partial charge in [0.25, 0.3) is 11.9 Å². The van der Waals surface area contributed by atoms with Gasteiger partial charge < -0.3 is 30.0 Å². The van der Waals surface area contributed by atoms with Crippen LogP contribution in [-0.2, 0) is 9.53 Å². The van der Waals surface area contributed by atoms with Gasteiger partial charge in [0.05, 0.1) is 30.8 Å². The number of primary amides is 1. The van der Waals surface area contributed by atoms with Gasteiger partial charge in [0.15, 0.2) is 5.58 Å². The molecule has 0 aliphatic carbocycles. The minimum absolute atomic E-state index is 0.170. The minimum atomic E-state index is -0.466. The number of aromatic amines is 1. The predicted molar refractivity (Wildman–Crippen MR) is 144 cm³/mol. The number of benzene rings is 1. The molecule has 4 N–H and O–H groups in total.